The van der Waals surface area contributed by atoms with Gasteiger partial charge in [0.2, 0.25) is 15.9 Å². The maximum atomic E-state index is 13.2. The van der Waals surface area contributed by atoms with Crippen LogP contribution in [0.25, 0.3) is 0 Å². The van der Waals surface area contributed by atoms with Crippen molar-refractivity contribution in [1.29, 1.82) is 0 Å². The molecule has 2 aromatic rings. The van der Waals surface area contributed by atoms with Gasteiger partial charge in [-0.1, -0.05) is 35.3 Å². The molecule has 0 spiro atoms. The van der Waals surface area contributed by atoms with E-state index < -0.39 is 27.7 Å². The van der Waals surface area contributed by atoms with Crippen LogP contribution in [0.15, 0.2) is 42.5 Å². The first-order valence-corrected chi connectivity index (χ1v) is 13.9. The lowest BCUT2D eigenvalue weighted by Crippen LogP contribution is -2.53. The van der Waals surface area contributed by atoms with Gasteiger partial charge in [-0.25, -0.2) is 12.7 Å². The summed E-state index contributed by atoms with van der Waals surface area (Å²) in [6.07, 6.45) is -3.29. The van der Waals surface area contributed by atoms with Crippen LogP contribution < -0.4 is 4.90 Å². The van der Waals surface area contributed by atoms with Gasteiger partial charge in [-0.3, -0.25) is 4.79 Å². The van der Waals surface area contributed by atoms with Gasteiger partial charge < -0.3 is 9.80 Å². The zero-order chi connectivity index (χ0) is 26.1. The number of piperidine rings is 1. The Labute approximate surface area is 218 Å². The minimum atomic E-state index is -4.42. The number of hydrogen-bond donors (Lipinski definition) is 0. The number of carbonyl (C=O) groups is 1. The number of nitrogens with zero attached hydrogens (tertiary/aromatic N) is 3. The van der Waals surface area contributed by atoms with Crippen molar-refractivity contribution < 1.29 is 26.4 Å². The van der Waals surface area contributed by atoms with E-state index >= 15 is 0 Å². The molecule has 2 fully saturated rings. The van der Waals surface area contributed by atoms with Gasteiger partial charge in [0.1, 0.15) is 0 Å². The Morgan fingerprint density at radius 3 is 2.25 bits per heavy atom. The van der Waals surface area contributed by atoms with Crippen molar-refractivity contribution in [1.82, 2.24) is 9.21 Å². The number of alkyl halides is 3. The highest BCUT2D eigenvalue weighted by molar-refractivity contribution is 7.88. The second kappa shape index (κ2) is 10.8. The molecule has 0 radical (unpaired) electrons. The van der Waals surface area contributed by atoms with E-state index in [9.17, 15) is 26.4 Å². The third-order valence-corrected chi connectivity index (χ3v) is 9.13. The molecule has 2 saturated heterocycles. The highest BCUT2D eigenvalue weighted by Gasteiger charge is 2.36. The van der Waals surface area contributed by atoms with Gasteiger partial charge in [-0.15, -0.1) is 0 Å². The van der Waals surface area contributed by atoms with E-state index in [0.29, 0.717) is 56.8 Å². The fourth-order valence-corrected chi connectivity index (χ4v) is 7.02. The first kappa shape index (κ1) is 27.0. The standard InChI is InChI=1S/C24H26Cl2F3N3O3S/c25-21-7-2-8-22(26)20(21)16-36(34,35)32-9-3-4-17(15-32)23(33)31-12-10-30(11-13-31)19-6-1-5-18(14-19)24(27,28)29/h1-2,5-8,14,17H,3-4,9-13,15-16H2/t17-/m1/s1. The van der Waals surface area contributed by atoms with Crippen LogP contribution >= 0.6 is 23.2 Å². The monoisotopic (exact) mass is 563 g/mol. The topological polar surface area (TPSA) is 60.9 Å². The molecular weight excluding hydrogens is 538 g/mol. The molecule has 6 nitrogen and oxygen atoms in total. The number of carbonyl (C=O) groups excluding carboxylic acids is 1. The maximum Gasteiger partial charge on any atom is 0.416 e. The van der Waals surface area contributed by atoms with Crippen LogP contribution in [-0.2, 0) is 26.7 Å². The summed E-state index contributed by atoms with van der Waals surface area (Å²) in [5, 5.41) is 0.545. The zero-order valence-electron chi connectivity index (χ0n) is 19.3. The maximum absolute atomic E-state index is 13.2. The molecule has 0 unspecified atom stereocenters. The Bertz CT molecular complexity index is 1200. The van der Waals surface area contributed by atoms with Gasteiger partial charge in [0.05, 0.1) is 17.2 Å². The van der Waals surface area contributed by atoms with Crippen LogP contribution in [0.4, 0.5) is 18.9 Å². The first-order valence-electron chi connectivity index (χ1n) is 11.6. The molecule has 2 aliphatic heterocycles. The lowest BCUT2D eigenvalue weighted by Gasteiger charge is -2.39. The molecule has 0 bridgehead atoms. The Morgan fingerprint density at radius 1 is 0.972 bits per heavy atom. The van der Waals surface area contributed by atoms with Crippen LogP contribution in [0.1, 0.15) is 24.0 Å². The second-order valence-corrected chi connectivity index (χ2v) is 11.8. The van der Waals surface area contributed by atoms with Gasteiger partial charge in [-0.05, 0) is 43.2 Å². The number of rotatable bonds is 5. The van der Waals surface area contributed by atoms with E-state index in [1.54, 1.807) is 29.2 Å². The smallest absolute Gasteiger partial charge is 0.368 e. The lowest BCUT2D eigenvalue weighted by atomic mass is 9.97. The molecule has 0 aromatic heterocycles. The molecule has 2 aliphatic rings. The second-order valence-electron chi connectivity index (χ2n) is 9.01. The Hall–Kier alpha value is -2.01. The molecule has 36 heavy (non-hydrogen) atoms. The predicted molar refractivity (Wildman–Crippen MR) is 134 cm³/mol. The van der Waals surface area contributed by atoms with E-state index in [-0.39, 0.29) is 28.3 Å². The number of hydrogen-bond acceptors (Lipinski definition) is 4. The molecule has 0 saturated carbocycles. The molecule has 2 heterocycles. The van der Waals surface area contributed by atoms with Crippen molar-refractivity contribution in [3.63, 3.8) is 0 Å². The van der Waals surface area contributed by atoms with Crippen LogP contribution in [0.5, 0.6) is 0 Å². The zero-order valence-corrected chi connectivity index (χ0v) is 21.7. The number of sulfonamides is 1. The van der Waals surface area contributed by atoms with Crippen molar-refractivity contribution in [2.24, 2.45) is 5.92 Å². The van der Waals surface area contributed by atoms with Crippen molar-refractivity contribution in [2.75, 3.05) is 44.2 Å². The van der Waals surface area contributed by atoms with E-state index in [4.69, 9.17) is 23.2 Å². The summed E-state index contributed by atoms with van der Waals surface area (Å²) in [7, 11) is -3.75. The number of halogens is 5. The largest absolute Gasteiger partial charge is 0.416 e. The third kappa shape index (κ3) is 6.10. The Morgan fingerprint density at radius 2 is 1.61 bits per heavy atom. The molecule has 2 aromatic carbocycles. The van der Waals surface area contributed by atoms with E-state index in [1.807, 2.05) is 4.90 Å². The van der Waals surface area contributed by atoms with Crippen LogP contribution in [0.3, 0.4) is 0 Å². The number of amides is 1. The highest BCUT2D eigenvalue weighted by atomic mass is 35.5. The van der Waals surface area contributed by atoms with Crippen molar-refractivity contribution >= 4 is 44.8 Å². The lowest BCUT2D eigenvalue weighted by molar-refractivity contribution is -0.137. The molecule has 12 heteroatoms. The fraction of sp³-hybridized carbons (Fsp3) is 0.458. The SMILES string of the molecule is O=C([C@@H]1CCCN(S(=O)(=O)Cc2c(Cl)cccc2Cl)C1)N1CCN(c2cccc(C(F)(F)F)c2)CC1. The van der Waals surface area contributed by atoms with Gasteiger partial charge in [0.25, 0.3) is 0 Å². The molecule has 1 amide bonds. The van der Waals surface area contributed by atoms with E-state index in [2.05, 4.69) is 0 Å². The molecule has 1 atom stereocenters. The molecule has 0 aliphatic carbocycles. The Balaban J connectivity index is 1.37. The van der Waals surface area contributed by atoms with Crippen LogP contribution in [0.2, 0.25) is 10.0 Å². The predicted octanol–water partition coefficient (Wildman–Crippen LogP) is 4.90. The average molecular weight is 564 g/mol. The minimum Gasteiger partial charge on any atom is -0.368 e. The quantitative estimate of drug-likeness (QED) is 0.519. The fourth-order valence-electron chi connectivity index (χ4n) is 4.66. The molecule has 0 N–H and O–H groups in total. The summed E-state index contributed by atoms with van der Waals surface area (Å²) in [6.45, 7) is 1.90. The number of benzene rings is 2. The first-order chi connectivity index (χ1) is 17.0. The molecule has 196 valence electrons. The normalized spacial score (nSPS) is 20.0. The number of anilines is 1. The summed E-state index contributed by atoms with van der Waals surface area (Å²) >= 11 is 12.3. The van der Waals surface area contributed by atoms with E-state index in [0.717, 1.165) is 12.1 Å². The summed E-state index contributed by atoms with van der Waals surface area (Å²) in [5.74, 6) is -0.952. The van der Waals surface area contributed by atoms with Crippen LogP contribution in [0, 0.1) is 5.92 Å². The summed E-state index contributed by atoms with van der Waals surface area (Å²) < 4.78 is 66.7. The highest BCUT2D eigenvalue weighted by Crippen LogP contribution is 2.32. The third-order valence-electron chi connectivity index (χ3n) is 6.65. The van der Waals surface area contributed by atoms with Crippen LogP contribution in [-0.4, -0.2) is 62.8 Å². The molecule has 4 rings (SSSR count). The van der Waals surface area contributed by atoms with Crippen molar-refractivity contribution in [3.05, 3.63) is 63.6 Å². The van der Waals surface area contributed by atoms with Crippen molar-refractivity contribution in [3.8, 4) is 0 Å². The van der Waals surface area contributed by atoms with Gasteiger partial charge in [0.15, 0.2) is 0 Å². The summed E-state index contributed by atoms with van der Waals surface area (Å²) in [4.78, 5) is 16.7. The van der Waals surface area contributed by atoms with Gasteiger partial charge in [-0.2, -0.15) is 13.2 Å². The van der Waals surface area contributed by atoms with Gasteiger partial charge >= 0.3 is 6.18 Å². The average Bonchev–Trinajstić information content (AvgIpc) is 2.86. The molecular formula is C24H26Cl2F3N3O3S. The Kier molecular flexibility index (Phi) is 8.09. The minimum absolute atomic E-state index is 0.0804. The van der Waals surface area contributed by atoms with Crippen molar-refractivity contribution in [2.45, 2.75) is 24.8 Å². The van der Waals surface area contributed by atoms with E-state index in [1.165, 1.54) is 10.4 Å². The summed E-state index contributed by atoms with van der Waals surface area (Å²) in [5.41, 5.74) is 0.0881. The van der Waals surface area contributed by atoms with Gasteiger partial charge in [0, 0.05) is 60.6 Å². The summed E-state index contributed by atoms with van der Waals surface area (Å²) in [6, 6.07) is 9.96. The number of piperazine rings is 1.